The maximum atomic E-state index is 13.8. The van der Waals surface area contributed by atoms with Crippen LogP contribution in [0.2, 0.25) is 0 Å². The van der Waals surface area contributed by atoms with Crippen LogP contribution in [0.15, 0.2) is 11.6 Å². The minimum Gasteiger partial charge on any atom is -0.507 e. The van der Waals surface area contributed by atoms with E-state index in [9.17, 15) is 34.8 Å². The number of likely N-dealkylation sites (N-methyl/N-ethyl adjacent to an activating group) is 1. The summed E-state index contributed by atoms with van der Waals surface area (Å²) in [6, 6.07) is 0.679. The lowest BCUT2D eigenvalue weighted by Crippen LogP contribution is -2.73. The number of benzene rings is 1. The van der Waals surface area contributed by atoms with Crippen molar-refractivity contribution in [2.24, 2.45) is 23.5 Å². The molecule has 36 heavy (non-hydrogen) atoms. The smallest absolute Gasteiger partial charge is 0.230 e. The first-order valence-corrected chi connectivity index (χ1v) is 11.5. The van der Waals surface area contributed by atoms with Crippen molar-refractivity contribution >= 4 is 23.2 Å². The minimum absolute atomic E-state index is 0.0199. The van der Waals surface area contributed by atoms with Crippen LogP contribution in [0.25, 0.3) is 5.76 Å². The molecule has 6 atom stereocenters. The largest absolute Gasteiger partial charge is 0.507 e. The summed E-state index contributed by atoms with van der Waals surface area (Å²) < 4.78 is 0. The molecule has 2 fully saturated rings. The lowest BCUT2D eigenvalue weighted by Gasteiger charge is -2.53. The second-order valence-corrected chi connectivity index (χ2v) is 9.71. The highest BCUT2D eigenvalue weighted by atomic mass is 16.3. The fourth-order valence-electron chi connectivity index (χ4n) is 6.15. The summed E-state index contributed by atoms with van der Waals surface area (Å²) in [4.78, 5) is 40.8. The Bertz CT molecular complexity index is 1350. The third-order valence-electron chi connectivity index (χ3n) is 7.61. The summed E-state index contributed by atoms with van der Waals surface area (Å²) in [7, 11) is 3.21. The van der Waals surface area contributed by atoms with Crippen LogP contribution in [0.3, 0.4) is 0 Å². The van der Waals surface area contributed by atoms with Gasteiger partial charge in [0.2, 0.25) is 11.7 Å². The molecule has 0 radical (unpaired) electrons. The monoisotopic (exact) mass is 492 g/mol. The molecule has 1 aromatic rings. The number of amides is 1. The van der Waals surface area contributed by atoms with Crippen molar-refractivity contribution in [2.45, 2.75) is 44.4 Å². The number of nitrogens with two attached hydrogens (primary N) is 1. The number of Topliss-reactive ketones (excluding diaryl/α,β-unsaturated/α-hetero) is 2. The first-order valence-electron chi connectivity index (χ1n) is 11.5. The van der Waals surface area contributed by atoms with Gasteiger partial charge in [-0.25, -0.2) is 0 Å². The predicted octanol–water partition coefficient (Wildman–Crippen LogP) is -0.128. The van der Waals surface area contributed by atoms with Gasteiger partial charge in [0.1, 0.15) is 17.4 Å². The Hall–Kier alpha value is -3.63. The van der Waals surface area contributed by atoms with Crippen LogP contribution in [0, 0.1) is 41.4 Å². The molecule has 3 aliphatic carbocycles. The van der Waals surface area contributed by atoms with Crippen molar-refractivity contribution in [3.63, 3.8) is 0 Å². The Morgan fingerprint density at radius 1 is 1.14 bits per heavy atom. The zero-order chi connectivity index (χ0) is 26.7. The van der Waals surface area contributed by atoms with E-state index in [0.717, 1.165) is 0 Å². The average molecular weight is 493 g/mol. The van der Waals surface area contributed by atoms with Crippen LogP contribution < -0.4 is 5.73 Å². The van der Waals surface area contributed by atoms with Crippen molar-refractivity contribution in [3.05, 3.63) is 33.9 Å². The predicted molar refractivity (Wildman–Crippen MR) is 129 cm³/mol. The quantitative estimate of drug-likeness (QED) is 0.282. The highest BCUT2D eigenvalue weighted by Gasteiger charge is 2.67. The van der Waals surface area contributed by atoms with E-state index in [1.165, 1.54) is 0 Å². The topological polar surface area (TPSA) is 161 Å². The van der Waals surface area contributed by atoms with Crippen molar-refractivity contribution in [1.29, 1.82) is 0 Å². The van der Waals surface area contributed by atoms with Crippen molar-refractivity contribution < 1.29 is 34.8 Å². The maximum Gasteiger partial charge on any atom is 0.230 e. The molecule has 9 nitrogen and oxygen atoms in total. The number of carbonyl (C=O) groups is 3. The molecular formula is C27H28N2O7. The summed E-state index contributed by atoms with van der Waals surface area (Å²) in [6.45, 7) is 3.22. The van der Waals surface area contributed by atoms with Crippen molar-refractivity contribution in [2.75, 3.05) is 14.1 Å². The lowest BCUT2D eigenvalue weighted by atomic mass is 9.54. The van der Waals surface area contributed by atoms with Crippen LogP contribution in [-0.2, 0) is 20.8 Å². The molecule has 0 spiro atoms. The number of ketones is 2. The number of aliphatic hydroxyl groups is 3. The molecule has 0 aromatic heterocycles. The minimum atomic E-state index is -2.69. The standard InChI is InChI=1S/C27H28N2O7/c1-5-7-12-9-13(8-6-2)21(30)18-15(12)10-14-11-16-20(29(3)4)23(32)19(26(28)35)25(34)27(16,36)24(33)17(14)22(18)31/h9,14,16,19-20,23,30-32,36H,10-11H2,1-4H3,(H2,28,35)/t14-,16-,19?,20-,23?,27-/m1/s1. The number of aromatic hydroxyl groups is 1. The lowest BCUT2D eigenvalue weighted by molar-refractivity contribution is -0.184. The Morgan fingerprint density at radius 3 is 2.31 bits per heavy atom. The van der Waals surface area contributed by atoms with Gasteiger partial charge in [0.15, 0.2) is 11.4 Å². The fourth-order valence-corrected chi connectivity index (χ4v) is 6.15. The van der Waals surface area contributed by atoms with Gasteiger partial charge in [-0.2, -0.15) is 0 Å². The molecular weight excluding hydrogens is 464 g/mol. The number of hydrogen-bond donors (Lipinski definition) is 5. The number of primary amides is 1. The summed E-state index contributed by atoms with van der Waals surface area (Å²) in [5.41, 5.74) is 3.73. The van der Waals surface area contributed by atoms with Gasteiger partial charge < -0.3 is 31.1 Å². The summed E-state index contributed by atoms with van der Waals surface area (Å²) >= 11 is 0. The molecule has 188 valence electrons. The normalized spacial score (nSPS) is 30.9. The Kier molecular flexibility index (Phi) is 6.22. The molecule has 6 N–H and O–H groups in total. The Labute approximate surface area is 208 Å². The number of fused-ring (bicyclic) bond motifs is 3. The van der Waals surface area contributed by atoms with E-state index in [2.05, 4.69) is 23.7 Å². The number of carbonyl (C=O) groups excluding carboxylic acids is 3. The van der Waals surface area contributed by atoms with Gasteiger partial charge in [0.05, 0.1) is 17.2 Å². The molecule has 4 rings (SSSR count). The van der Waals surface area contributed by atoms with Crippen LogP contribution in [-0.4, -0.2) is 74.6 Å². The van der Waals surface area contributed by atoms with Gasteiger partial charge in [-0.15, -0.1) is 11.8 Å². The Morgan fingerprint density at radius 2 is 1.75 bits per heavy atom. The van der Waals surface area contributed by atoms with E-state index >= 15 is 0 Å². The summed E-state index contributed by atoms with van der Waals surface area (Å²) in [5, 5.41) is 44.8. The van der Waals surface area contributed by atoms with Gasteiger partial charge in [-0.3, -0.25) is 14.4 Å². The molecule has 0 saturated heterocycles. The van der Waals surface area contributed by atoms with Crippen LogP contribution in [0.1, 0.15) is 42.5 Å². The highest BCUT2D eigenvalue weighted by Crippen LogP contribution is 2.52. The van der Waals surface area contributed by atoms with E-state index < -0.39 is 58.7 Å². The number of rotatable bonds is 2. The van der Waals surface area contributed by atoms with E-state index in [0.29, 0.717) is 11.1 Å². The van der Waals surface area contributed by atoms with Gasteiger partial charge in [0, 0.05) is 23.1 Å². The van der Waals surface area contributed by atoms with Crippen molar-refractivity contribution in [3.8, 4) is 29.4 Å². The molecule has 1 amide bonds. The highest BCUT2D eigenvalue weighted by molar-refractivity contribution is 6.25. The molecule has 0 heterocycles. The van der Waals surface area contributed by atoms with Crippen molar-refractivity contribution in [1.82, 2.24) is 4.90 Å². The molecule has 3 aliphatic rings. The van der Waals surface area contributed by atoms with Gasteiger partial charge in [-0.1, -0.05) is 11.8 Å². The fraction of sp³-hybridized carbons (Fsp3) is 0.444. The zero-order valence-corrected chi connectivity index (χ0v) is 20.4. The zero-order valence-electron chi connectivity index (χ0n) is 20.4. The number of phenols is 1. The number of nitrogens with zero attached hydrogens (tertiary/aromatic N) is 1. The molecule has 0 bridgehead atoms. The third-order valence-corrected chi connectivity index (χ3v) is 7.61. The average Bonchev–Trinajstić information content (AvgIpc) is 2.79. The summed E-state index contributed by atoms with van der Waals surface area (Å²) in [6.07, 6.45) is -1.29. The number of phenolic OH excluding ortho intramolecular Hbond substituents is 1. The molecule has 0 aliphatic heterocycles. The van der Waals surface area contributed by atoms with Gasteiger partial charge in [-0.05, 0) is 58.3 Å². The number of hydrogen-bond acceptors (Lipinski definition) is 8. The molecule has 2 unspecified atom stereocenters. The summed E-state index contributed by atoms with van der Waals surface area (Å²) in [5.74, 6) is 3.40. The Balaban J connectivity index is 1.98. The van der Waals surface area contributed by atoms with E-state index in [-0.39, 0.29) is 35.3 Å². The van der Waals surface area contributed by atoms with E-state index in [4.69, 9.17) is 5.73 Å². The van der Waals surface area contributed by atoms with Crippen LogP contribution >= 0.6 is 0 Å². The second-order valence-electron chi connectivity index (χ2n) is 9.71. The maximum absolute atomic E-state index is 13.8. The SMILES string of the molecule is CC#Cc1cc(C#CC)c2c(c1O)C(O)=C1C(=O)[C@@]3(O)C(=O)C(C(N)=O)C(O)[C@H](N(C)C)[C@H]3C[C@H]1C2. The number of aliphatic hydroxyl groups excluding tert-OH is 2. The van der Waals surface area contributed by atoms with Crippen LogP contribution in [0.5, 0.6) is 5.75 Å². The molecule has 2 saturated carbocycles. The van der Waals surface area contributed by atoms with Gasteiger partial charge >= 0.3 is 0 Å². The van der Waals surface area contributed by atoms with Gasteiger partial charge in [0.25, 0.3) is 0 Å². The first-order chi connectivity index (χ1) is 16.9. The van der Waals surface area contributed by atoms with E-state index in [1.807, 2.05) is 0 Å². The molecule has 1 aromatic carbocycles. The third kappa shape index (κ3) is 3.35. The first kappa shape index (κ1) is 25.5. The van der Waals surface area contributed by atoms with Crippen LogP contribution in [0.4, 0.5) is 0 Å². The van der Waals surface area contributed by atoms with E-state index in [1.54, 1.807) is 38.9 Å². The molecule has 9 heteroatoms. The second kappa shape index (κ2) is 8.79.